The zero-order valence-corrected chi connectivity index (χ0v) is 12.8. The third-order valence-corrected chi connectivity index (χ3v) is 6.48. The van der Waals surface area contributed by atoms with Gasteiger partial charge in [0.15, 0.2) is 9.84 Å². The van der Waals surface area contributed by atoms with Crippen LogP contribution in [0, 0.1) is 0 Å². The van der Waals surface area contributed by atoms with Crippen LogP contribution in [0.4, 0.5) is 0 Å². The molecule has 0 aromatic heterocycles. The summed E-state index contributed by atoms with van der Waals surface area (Å²) in [6.07, 6.45) is 5.09. The third-order valence-electron chi connectivity index (χ3n) is 4.77. The Labute approximate surface area is 116 Å². The molecule has 0 spiro atoms. The quantitative estimate of drug-likeness (QED) is 0.811. The molecule has 1 saturated heterocycles. The van der Waals surface area contributed by atoms with E-state index in [1.165, 1.54) is 6.26 Å². The number of nitrogens with two attached hydrogens (primary N) is 1. The highest BCUT2D eigenvalue weighted by Crippen LogP contribution is 2.39. The van der Waals surface area contributed by atoms with Crippen molar-refractivity contribution >= 4 is 9.84 Å². The number of ether oxygens (including phenoxy) is 1. The van der Waals surface area contributed by atoms with E-state index in [-0.39, 0.29) is 16.9 Å². The molecule has 0 amide bonds. The van der Waals surface area contributed by atoms with Crippen LogP contribution in [0.25, 0.3) is 0 Å². The number of hydrogen-bond acceptors (Lipinski definition) is 5. The Morgan fingerprint density at radius 1 is 1.47 bits per heavy atom. The molecule has 0 aromatic rings. The maximum Gasteiger partial charge on any atom is 0.152 e. The second-order valence-electron chi connectivity index (χ2n) is 5.87. The summed E-state index contributed by atoms with van der Waals surface area (Å²) in [4.78, 5) is 2.30. The van der Waals surface area contributed by atoms with Crippen LogP contribution in [-0.4, -0.2) is 62.7 Å². The van der Waals surface area contributed by atoms with Crippen molar-refractivity contribution in [2.75, 3.05) is 32.5 Å². The molecule has 1 saturated carbocycles. The molecule has 19 heavy (non-hydrogen) atoms. The first-order chi connectivity index (χ1) is 8.94. The van der Waals surface area contributed by atoms with Gasteiger partial charge in [-0.15, -0.1) is 0 Å². The molecule has 3 unspecified atom stereocenters. The number of hydrogen-bond donors (Lipinski definition) is 1. The first kappa shape index (κ1) is 15.2. The minimum absolute atomic E-state index is 0.206. The maximum absolute atomic E-state index is 12.1. The van der Waals surface area contributed by atoms with Gasteiger partial charge in [0.2, 0.25) is 0 Å². The van der Waals surface area contributed by atoms with Crippen molar-refractivity contribution in [1.82, 2.24) is 4.90 Å². The summed E-state index contributed by atoms with van der Waals surface area (Å²) in [6.45, 7) is 4.79. The van der Waals surface area contributed by atoms with Gasteiger partial charge in [-0.3, -0.25) is 4.90 Å². The van der Waals surface area contributed by atoms with Crippen molar-refractivity contribution < 1.29 is 13.2 Å². The monoisotopic (exact) mass is 290 g/mol. The molecule has 2 N–H and O–H groups in total. The van der Waals surface area contributed by atoms with E-state index in [1.54, 1.807) is 0 Å². The lowest BCUT2D eigenvalue weighted by molar-refractivity contribution is -0.0668. The van der Waals surface area contributed by atoms with E-state index in [0.29, 0.717) is 13.2 Å². The first-order valence-corrected chi connectivity index (χ1v) is 9.15. The van der Waals surface area contributed by atoms with Crippen LogP contribution in [0.3, 0.4) is 0 Å². The standard InChI is InChI=1S/C13H26N2O3S/c1-3-11-9-15(7-8-18-11)13(10-14)6-4-5-12(13)19(2,16)17/h11-12H,3-10,14H2,1-2H3. The van der Waals surface area contributed by atoms with Gasteiger partial charge in [0.1, 0.15) is 0 Å². The second-order valence-corrected chi connectivity index (χ2v) is 8.09. The van der Waals surface area contributed by atoms with E-state index < -0.39 is 9.84 Å². The summed E-state index contributed by atoms with van der Waals surface area (Å²) < 4.78 is 29.9. The molecule has 1 aliphatic carbocycles. The van der Waals surface area contributed by atoms with Crippen LogP contribution in [0.1, 0.15) is 32.6 Å². The number of morpholine rings is 1. The summed E-state index contributed by atoms with van der Waals surface area (Å²) in [6, 6.07) is 0. The zero-order valence-electron chi connectivity index (χ0n) is 12.0. The molecule has 6 heteroatoms. The Kier molecular flexibility index (Phi) is 4.55. The van der Waals surface area contributed by atoms with Crippen molar-refractivity contribution in [2.24, 2.45) is 5.73 Å². The highest BCUT2D eigenvalue weighted by atomic mass is 32.2. The fourth-order valence-electron chi connectivity index (χ4n) is 3.73. The average Bonchev–Trinajstić information content (AvgIpc) is 2.84. The Morgan fingerprint density at radius 3 is 2.79 bits per heavy atom. The minimum Gasteiger partial charge on any atom is -0.376 e. The highest BCUT2D eigenvalue weighted by Gasteiger charge is 2.51. The van der Waals surface area contributed by atoms with Crippen molar-refractivity contribution in [3.63, 3.8) is 0 Å². The van der Waals surface area contributed by atoms with Gasteiger partial charge in [0, 0.05) is 25.9 Å². The Hall–Kier alpha value is -0.170. The van der Waals surface area contributed by atoms with Crippen LogP contribution >= 0.6 is 0 Å². The smallest absolute Gasteiger partial charge is 0.152 e. The molecule has 0 radical (unpaired) electrons. The lowest BCUT2D eigenvalue weighted by atomic mass is 9.93. The van der Waals surface area contributed by atoms with Crippen molar-refractivity contribution in [3.05, 3.63) is 0 Å². The Morgan fingerprint density at radius 2 is 2.21 bits per heavy atom. The predicted octanol–water partition coefficient (Wildman–Crippen LogP) is 0.392. The number of rotatable bonds is 4. The second kappa shape index (κ2) is 5.68. The van der Waals surface area contributed by atoms with E-state index in [1.807, 2.05) is 0 Å². The maximum atomic E-state index is 12.1. The van der Waals surface area contributed by atoms with E-state index in [0.717, 1.165) is 38.8 Å². The van der Waals surface area contributed by atoms with Crippen LogP contribution in [0.5, 0.6) is 0 Å². The predicted molar refractivity (Wildman–Crippen MR) is 75.9 cm³/mol. The molecule has 2 aliphatic rings. The molecule has 1 heterocycles. The van der Waals surface area contributed by atoms with Gasteiger partial charge in [-0.1, -0.05) is 13.3 Å². The summed E-state index contributed by atoms with van der Waals surface area (Å²) in [7, 11) is -3.06. The van der Waals surface area contributed by atoms with Crippen molar-refractivity contribution in [1.29, 1.82) is 0 Å². The highest BCUT2D eigenvalue weighted by molar-refractivity contribution is 7.91. The van der Waals surface area contributed by atoms with Crippen LogP contribution in [0.15, 0.2) is 0 Å². The number of nitrogens with zero attached hydrogens (tertiary/aromatic N) is 1. The van der Waals surface area contributed by atoms with Gasteiger partial charge in [-0.05, 0) is 19.3 Å². The largest absolute Gasteiger partial charge is 0.376 e. The van der Waals surface area contributed by atoms with Crippen LogP contribution in [0.2, 0.25) is 0 Å². The molecule has 0 bridgehead atoms. The average molecular weight is 290 g/mol. The van der Waals surface area contributed by atoms with E-state index in [2.05, 4.69) is 11.8 Å². The van der Waals surface area contributed by atoms with E-state index in [9.17, 15) is 8.42 Å². The van der Waals surface area contributed by atoms with Gasteiger partial charge in [-0.2, -0.15) is 0 Å². The third kappa shape index (κ3) is 2.82. The van der Waals surface area contributed by atoms with Crippen molar-refractivity contribution in [3.8, 4) is 0 Å². The molecule has 3 atom stereocenters. The van der Waals surface area contributed by atoms with Gasteiger partial charge >= 0.3 is 0 Å². The molecule has 0 aromatic carbocycles. The lowest BCUT2D eigenvalue weighted by Gasteiger charge is -2.47. The zero-order chi connectivity index (χ0) is 14.1. The lowest BCUT2D eigenvalue weighted by Crippen LogP contribution is -2.64. The van der Waals surface area contributed by atoms with E-state index in [4.69, 9.17) is 10.5 Å². The summed E-state index contributed by atoms with van der Waals surface area (Å²) in [5, 5.41) is -0.319. The normalized spacial score (nSPS) is 37.6. The van der Waals surface area contributed by atoms with Gasteiger partial charge in [0.05, 0.1) is 23.5 Å². The summed E-state index contributed by atoms with van der Waals surface area (Å²) >= 11 is 0. The fourth-order valence-corrected chi connectivity index (χ4v) is 5.49. The van der Waals surface area contributed by atoms with Crippen LogP contribution < -0.4 is 5.73 Å². The molecule has 5 nitrogen and oxygen atoms in total. The fraction of sp³-hybridized carbons (Fsp3) is 1.00. The molecule has 2 rings (SSSR count). The Balaban J connectivity index is 2.26. The minimum atomic E-state index is -3.06. The molecule has 2 fully saturated rings. The molecular formula is C13H26N2O3S. The molecule has 1 aliphatic heterocycles. The first-order valence-electron chi connectivity index (χ1n) is 7.19. The summed E-state index contributed by atoms with van der Waals surface area (Å²) in [5.74, 6) is 0. The van der Waals surface area contributed by atoms with Crippen molar-refractivity contribution in [2.45, 2.75) is 49.5 Å². The molecule has 112 valence electrons. The van der Waals surface area contributed by atoms with Gasteiger partial charge < -0.3 is 10.5 Å². The SMILES string of the molecule is CCC1CN(C2(CN)CCCC2S(C)(=O)=O)CCO1. The van der Waals surface area contributed by atoms with Gasteiger partial charge in [-0.25, -0.2) is 8.42 Å². The van der Waals surface area contributed by atoms with Gasteiger partial charge in [0.25, 0.3) is 0 Å². The number of sulfone groups is 1. The summed E-state index contributed by atoms with van der Waals surface area (Å²) in [5.41, 5.74) is 5.66. The molecular weight excluding hydrogens is 264 g/mol. The Bertz CT molecular complexity index is 412. The topological polar surface area (TPSA) is 72.6 Å². The van der Waals surface area contributed by atoms with Crippen LogP contribution in [-0.2, 0) is 14.6 Å². The van der Waals surface area contributed by atoms with E-state index >= 15 is 0 Å².